The van der Waals surface area contributed by atoms with Gasteiger partial charge in [0.05, 0.1) is 12.8 Å². The van der Waals surface area contributed by atoms with Crippen molar-refractivity contribution in [3.63, 3.8) is 0 Å². The van der Waals surface area contributed by atoms with Crippen LogP contribution in [0, 0.1) is 0 Å². The fourth-order valence-corrected chi connectivity index (χ4v) is 1.87. The minimum Gasteiger partial charge on any atom is -0.469 e. The van der Waals surface area contributed by atoms with Gasteiger partial charge in [-0.3, -0.25) is 9.79 Å². The smallest absolute Gasteiger partial charge is 0.305 e. The number of carbonyl (C=O) groups excluding carboxylic acids is 1. The molecule has 0 aromatic heterocycles. The Labute approximate surface area is 118 Å². The zero-order valence-electron chi connectivity index (χ0n) is 11.5. The van der Waals surface area contributed by atoms with Crippen molar-refractivity contribution in [3.8, 4) is 0 Å². The number of hydrogen-bond donors (Lipinski definition) is 0. The molecular formula is C17H17NO2. The van der Waals surface area contributed by atoms with Crippen LogP contribution in [0.3, 0.4) is 0 Å². The second kappa shape index (κ2) is 7.24. The van der Waals surface area contributed by atoms with Crippen molar-refractivity contribution in [2.45, 2.75) is 12.8 Å². The van der Waals surface area contributed by atoms with Gasteiger partial charge in [0.1, 0.15) is 0 Å². The molecular weight excluding hydrogens is 250 g/mol. The predicted octanol–water partition coefficient (Wildman–Crippen LogP) is 3.54. The number of aryl methyl sites for hydroxylation is 1. The van der Waals surface area contributed by atoms with Crippen LogP contribution in [-0.4, -0.2) is 19.3 Å². The van der Waals surface area contributed by atoms with Gasteiger partial charge in [0.15, 0.2) is 0 Å². The molecule has 0 radical (unpaired) electrons. The number of hydrogen-bond acceptors (Lipinski definition) is 3. The van der Waals surface area contributed by atoms with Crippen LogP contribution in [0.2, 0.25) is 0 Å². The molecule has 0 aliphatic heterocycles. The van der Waals surface area contributed by atoms with Crippen molar-refractivity contribution < 1.29 is 9.53 Å². The van der Waals surface area contributed by atoms with E-state index in [0.717, 1.165) is 16.8 Å². The number of rotatable bonds is 5. The average Bonchev–Trinajstić information content (AvgIpc) is 2.52. The number of esters is 1. The zero-order chi connectivity index (χ0) is 14.2. The van der Waals surface area contributed by atoms with Gasteiger partial charge in [0.2, 0.25) is 0 Å². The fraction of sp³-hybridized carbons (Fsp3) is 0.176. The first-order valence-corrected chi connectivity index (χ1v) is 6.53. The molecule has 0 saturated carbocycles. The Bertz CT molecular complexity index is 591. The molecule has 20 heavy (non-hydrogen) atoms. The minimum absolute atomic E-state index is 0.202. The molecule has 0 aliphatic rings. The number of ether oxygens (including phenoxy) is 1. The number of methoxy groups -OCH3 is 1. The van der Waals surface area contributed by atoms with Crippen LogP contribution in [0.4, 0.5) is 5.69 Å². The number of nitrogens with zero attached hydrogens (tertiary/aromatic N) is 1. The van der Waals surface area contributed by atoms with Gasteiger partial charge in [-0.1, -0.05) is 48.5 Å². The van der Waals surface area contributed by atoms with E-state index >= 15 is 0 Å². The largest absolute Gasteiger partial charge is 0.469 e. The maximum absolute atomic E-state index is 11.2. The summed E-state index contributed by atoms with van der Waals surface area (Å²) in [5.41, 5.74) is 2.99. The van der Waals surface area contributed by atoms with Crippen LogP contribution in [-0.2, 0) is 16.0 Å². The van der Waals surface area contributed by atoms with Crippen molar-refractivity contribution in [1.82, 2.24) is 0 Å². The lowest BCUT2D eigenvalue weighted by atomic mass is 10.1. The van der Waals surface area contributed by atoms with Gasteiger partial charge >= 0.3 is 5.97 Å². The van der Waals surface area contributed by atoms with Gasteiger partial charge in [0.25, 0.3) is 0 Å². The molecule has 0 bridgehead atoms. The molecule has 0 heterocycles. The quantitative estimate of drug-likeness (QED) is 0.614. The van der Waals surface area contributed by atoms with Crippen LogP contribution in [0.5, 0.6) is 0 Å². The maximum Gasteiger partial charge on any atom is 0.305 e. The molecule has 102 valence electrons. The Kier molecular flexibility index (Phi) is 5.07. The van der Waals surface area contributed by atoms with E-state index in [1.54, 1.807) is 0 Å². The van der Waals surface area contributed by atoms with E-state index in [0.29, 0.717) is 12.8 Å². The Hall–Kier alpha value is -2.42. The third kappa shape index (κ3) is 4.05. The Balaban J connectivity index is 2.11. The third-order valence-electron chi connectivity index (χ3n) is 2.97. The van der Waals surface area contributed by atoms with Crippen molar-refractivity contribution in [2.75, 3.05) is 7.11 Å². The molecule has 3 nitrogen and oxygen atoms in total. The normalized spacial score (nSPS) is 10.7. The van der Waals surface area contributed by atoms with Crippen molar-refractivity contribution in [1.29, 1.82) is 0 Å². The van der Waals surface area contributed by atoms with E-state index in [4.69, 9.17) is 0 Å². The monoisotopic (exact) mass is 267 g/mol. The molecule has 0 aliphatic carbocycles. The Morgan fingerprint density at radius 1 is 1.10 bits per heavy atom. The SMILES string of the molecule is COC(=O)CCc1ccccc1N=Cc1ccccc1. The molecule has 0 amide bonds. The highest BCUT2D eigenvalue weighted by Crippen LogP contribution is 2.20. The van der Waals surface area contributed by atoms with Crippen LogP contribution in [0.25, 0.3) is 0 Å². The summed E-state index contributed by atoms with van der Waals surface area (Å²) in [5, 5.41) is 0. The molecule has 2 rings (SSSR count). The second-order valence-corrected chi connectivity index (χ2v) is 4.37. The van der Waals surface area contributed by atoms with E-state index < -0.39 is 0 Å². The van der Waals surface area contributed by atoms with Gasteiger partial charge in [-0.2, -0.15) is 0 Å². The van der Waals surface area contributed by atoms with E-state index in [-0.39, 0.29) is 5.97 Å². The Morgan fingerprint density at radius 2 is 1.80 bits per heavy atom. The molecule has 2 aromatic rings. The van der Waals surface area contributed by atoms with Gasteiger partial charge in [-0.25, -0.2) is 0 Å². The lowest BCUT2D eigenvalue weighted by Gasteiger charge is -2.04. The molecule has 0 atom stereocenters. The molecule has 2 aromatic carbocycles. The van der Waals surface area contributed by atoms with Gasteiger partial charge in [-0.05, 0) is 23.6 Å². The number of benzene rings is 2. The fourth-order valence-electron chi connectivity index (χ4n) is 1.87. The highest BCUT2D eigenvalue weighted by molar-refractivity contribution is 5.82. The van der Waals surface area contributed by atoms with Crippen LogP contribution in [0.15, 0.2) is 59.6 Å². The molecule has 0 fully saturated rings. The second-order valence-electron chi connectivity index (χ2n) is 4.37. The first-order valence-electron chi connectivity index (χ1n) is 6.53. The van der Waals surface area contributed by atoms with E-state index in [1.165, 1.54) is 7.11 Å². The zero-order valence-corrected chi connectivity index (χ0v) is 11.5. The van der Waals surface area contributed by atoms with E-state index in [1.807, 2.05) is 60.8 Å². The van der Waals surface area contributed by atoms with Crippen molar-refractivity contribution in [3.05, 3.63) is 65.7 Å². The molecule has 0 spiro atoms. The Morgan fingerprint density at radius 3 is 2.55 bits per heavy atom. The maximum atomic E-state index is 11.2. The summed E-state index contributed by atoms with van der Waals surface area (Å²) >= 11 is 0. The average molecular weight is 267 g/mol. The predicted molar refractivity (Wildman–Crippen MR) is 80.5 cm³/mol. The number of carbonyl (C=O) groups is 1. The lowest BCUT2D eigenvalue weighted by molar-refractivity contribution is -0.140. The van der Waals surface area contributed by atoms with Gasteiger partial charge in [0, 0.05) is 12.6 Å². The van der Waals surface area contributed by atoms with Gasteiger partial charge in [-0.15, -0.1) is 0 Å². The summed E-state index contributed by atoms with van der Waals surface area (Å²) in [4.78, 5) is 15.7. The first kappa shape index (κ1) is 14.0. The standard InChI is InChI=1S/C17H17NO2/c1-20-17(19)12-11-15-9-5-6-10-16(15)18-13-14-7-3-2-4-8-14/h2-10,13H,11-12H2,1H3. The van der Waals surface area contributed by atoms with Gasteiger partial charge < -0.3 is 4.74 Å². The highest BCUT2D eigenvalue weighted by Gasteiger charge is 2.04. The van der Waals surface area contributed by atoms with Crippen molar-refractivity contribution in [2.24, 2.45) is 4.99 Å². The summed E-state index contributed by atoms with van der Waals surface area (Å²) in [6.07, 6.45) is 2.83. The number of aliphatic imine (C=N–C) groups is 1. The minimum atomic E-state index is -0.202. The summed E-state index contributed by atoms with van der Waals surface area (Å²) in [6.45, 7) is 0. The van der Waals surface area contributed by atoms with Crippen LogP contribution >= 0.6 is 0 Å². The summed E-state index contributed by atoms with van der Waals surface area (Å²) in [5.74, 6) is -0.202. The summed E-state index contributed by atoms with van der Waals surface area (Å²) in [7, 11) is 1.40. The molecule has 0 unspecified atom stereocenters. The van der Waals surface area contributed by atoms with E-state index in [2.05, 4.69) is 9.73 Å². The number of para-hydroxylation sites is 1. The van der Waals surface area contributed by atoms with Crippen LogP contribution < -0.4 is 0 Å². The molecule has 0 N–H and O–H groups in total. The van der Waals surface area contributed by atoms with E-state index in [9.17, 15) is 4.79 Å². The first-order chi connectivity index (χ1) is 9.79. The highest BCUT2D eigenvalue weighted by atomic mass is 16.5. The summed E-state index contributed by atoms with van der Waals surface area (Å²) in [6, 6.07) is 17.8. The topological polar surface area (TPSA) is 38.7 Å². The summed E-state index contributed by atoms with van der Waals surface area (Å²) < 4.78 is 4.66. The van der Waals surface area contributed by atoms with Crippen molar-refractivity contribution >= 4 is 17.9 Å². The van der Waals surface area contributed by atoms with Crippen LogP contribution in [0.1, 0.15) is 17.5 Å². The third-order valence-corrected chi connectivity index (χ3v) is 2.97. The molecule has 0 saturated heterocycles. The molecule has 3 heteroatoms. The lowest BCUT2D eigenvalue weighted by Crippen LogP contribution is -2.01.